The highest BCUT2D eigenvalue weighted by Gasteiger charge is 2.62. The predicted octanol–water partition coefficient (Wildman–Crippen LogP) is 0.154. The van der Waals surface area contributed by atoms with E-state index >= 15 is 0 Å². The smallest absolute Gasteiger partial charge is 0.384 e. The highest BCUT2D eigenvalue weighted by molar-refractivity contribution is 5.30. The van der Waals surface area contributed by atoms with Crippen LogP contribution in [0.15, 0.2) is 41.3 Å². The molecule has 4 N–H and O–H groups in total. The minimum absolute atomic E-state index is 0.0551. The second kappa shape index (κ2) is 6.11. The lowest BCUT2D eigenvalue weighted by molar-refractivity contribution is -0.789. The zero-order chi connectivity index (χ0) is 18.5. The monoisotopic (exact) mass is 365 g/mol. The van der Waals surface area contributed by atoms with Gasteiger partial charge < -0.3 is 15.6 Å². The lowest BCUT2D eigenvalue weighted by Gasteiger charge is -2.21. The third-order valence-electron chi connectivity index (χ3n) is 4.88. The number of aliphatic hydroxyl groups excluding tert-OH is 1. The molecule has 0 amide bonds. The highest BCUT2D eigenvalue weighted by Crippen LogP contribution is 2.40. The predicted molar refractivity (Wildman–Crippen MR) is 87.1 cm³/mol. The first-order valence-electron chi connectivity index (χ1n) is 8.26. The molecule has 3 atom stereocenters. The molecule has 0 aliphatic carbocycles. The van der Waals surface area contributed by atoms with Gasteiger partial charge in [0.25, 0.3) is 6.23 Å². The van der Waals surface area contributed by atoms with Gasteiger partial charge in [-0.1, -0.05) is 24.3 Å². The summed E-state index contributed by atoms with van der Waals surface area (Å²) in [6, 6.07) is 9.12. The number of rotatable bonds is 3. The molecule has 0 saturated carbocycles. The molecule has 4 rings (SSSR count). The van der Waals surface area contributed by atoms with Crippen molar-refractivity contribution in [3.8, 4) is 0 Å². The van der Waals surface area contributed by atoms with E-state index in [-0.39, 0.29) is 12.4 Å². The second-order valence-corrected chi connectivity index (χ2v) is 6.69. The van der Waals surface area contributed by atoms with Gasteiger partial charge in [-0.2, -0.15) is 23.1 Å². The van der Waals surface area contributed by atoms with Crippen LogP contribution in [-0.4, -0.2) is 39.7 Å². The first-order chi connectivity index (χ1) is 12.4. The van der Waals surface area contributed by atoms with E-state index in [1.165, 1.54) is 6.07 Å². The Morgan fingerprint density at radius 1 is 1.31 bits per heavy atom. The number of anilines is 1. The Morgan fingerprint density at radius 3 is 2.58 bits per heavy atom. The van der Waals surface area contributed by atoms with Crippen molar-refractivity contribution in [3.05, 3.63) is 58.1 Å². The number of alkyl halides is 2. The molecule has 0 radical (unpaired) electrons. The van der Waals surface area contributed by atoms with E-state index in [1.807, 2.05) is 29.2 Å². The third-order valence-corrected chi connectivity index (χ3v) is 4.88. The van der Waals surface area contributed by atoms with Crippen LogP contribution in [0, 0.1) is 0 Å². The molecule has 3 heterocycles. The highest BCUT2D eigenvalue weighted by atomic mass is 19.3. The standard InChI is InChI=1S/C17H18F2N4O3/c18-17(19)14(24)12(9-22-7-10-3-1-2-4-11(10)8-22)26-15(17)23-6-5-13(20)21-16(23)25/h1-6,12,14-15,24H,7-9H2,(H2,20,21,25)/p+1. The van der Waals surface area contributed by atoms with E-state index in [1.54, 1.807) is 0 Å². The summed E-state index contributed by atoms with van der Waals surface area (Å²) >= 11 is 0. The lowest BCUT2D eigenvalue weighted by atomic mass is 10.1. The molecule has 2 aliphatic rings. The van der Waals surface area contributed by atoms with Gasteiger partial charge in [-0.25, -0.2) is 0 Å². The quantitative estimate of drug-likeness (QED) is 0.674. The summed E-state index contributed by atoms with van der Waals surface area (Å²) in [5, 5.41) is 10.1. The van der Waals surface area contributed by atoms with Crippen molar-refractivity contribution in [1.82, 2.24) is 9.88 Å². The number of nitrogens with zero attached hydrogens (tertiary/aromatic N) is 2. The number of nitrogens with two attached hydrogens (primary N) is 1. The van der Waals surface area contributed by atoms with Crippen LogP contribution in [0.1, 0.15) is 17.4 Å². The Kier molecular flexibility index (Phi) is 4.02. The second-order valence-electron chi connectivity index (χ2n) is 6.69. The number of H-pyrrole nitrogens is 1. The van der Waals surface area contributed by atoms with Crippen LogP contribution in [0.25, 0.3) is 0 Å². The first-order valence-corrected chi connectivity index (χ1v) is 8.26. The van der Waals surface area contributed by atoms with Gasteiger partial charge in [0.2, 0.25) is 0 Å². The molecule has 0 bridgehead atoms. The van der Waals surface area contributed by atoms with E-state index in [0.717, 1.165) is 21.9 Å². The maximum atomic E-state index is 14.6. The molecule has 2 aromatic rings. The van der Waals surface area contributed by atoms with E-state index in [2.05, 4.69) is 4.98 Å². The van der Waals surface area contributed by atoms with Crippen LogP contribution >= 0.6 is 0 Å². The number of halogens is 2. The Balaban J connectivity index is 1.53. The first kappa shape index (κ1) is 17.1. The average Bonchev–Trinajstić information content (AvgIpc) is 3.09. The average molecular weight is 365 g/mol. The largest absolute Gasteiger partial charge is 0.499 e. The number of ether oxygens (including phenoxy) is 1. The molecule has 9 heteroatoms. The number of nitrogen functional groups attached to an aromatic ring is 1. The summed E-state index contributed by atoms with van der Waals surface area (Å²) in [4.78, 5) is 16.1. The van der Waals surface area contributed by atoms with Crippen LogP contribution < -0.4 is 16.0 Å². The molecule has 7 nitrogen and oxygen atoms in total. The summed E-state index contributed by atoms with van der Waals surface area (Å²) in [5.74, 6) is -3.55. The van der Waals surface area contributed by atoms with Crippen LogP contribution in [0.2, 0.25) is 0 Å². The third kappa shape index (κ3) is 2.77. The molecule has 0 spiro atoms. The van der Waals surface area contributed by atoms with Gasteiger partial charge in [-0.05, 0) is 11.1 Å². The number of nitrogens with one attached hydrogen (secondary N) is 1. The van der Waals surface area contributed by atoms with Crippen molar-refractivity contribution in [3.63, 3.8) is 0 Å². The van der Waals surface area contributed by atoms with E-state index in [0.29, 0.717) is 13.1 Å². The number of benzene rings is 1. The number of aliphatic hydroxyl groups is 1. The van der Waals surface area contributed by atoms with Crippen LogP contribution in [-0.2, 0) is 17.8 Å². The Bertz CT molecular complexity index is 863. The van der Waals surface area contributed by atoms with E-state index < -0.39 is 30.0 Å². The zero-order valence-corrected chi connectivity index (χ0v) is 13.8. The van der Waals surface area contributed by atoms with Crippen molar-refractivity contribution in [2.24, 2.45) is 0 Å². The SMILES string of the molecule is Nc1cc[n+](C2OC(CN3Cc4ccccc4C3)C(O)C2(F)F)c(=O)[nH]1. The number of aromatic amines is 1. The van der Waals surface area contributed by atoms with Gasteiger partial charge in [0, 0.05) is 25.7 Å². The molecule has 1 aromatic heterocycles. The van der Waals surface area contributed by atoms with Gasteiger partial charge in [-0.15, -0.1) is 0 Å². The topological polar surface area (TPSA) is 95.5 Å². The van der Waals surface area contributed by atoms with Crippen molar-refractivity contribution in [2.75, 3.05) is 12.3 Å². The number of aromatic nitrogens is 2. The van der Waals surface area contributed by atoms with Gasteiger partial charge in [-0.3, -0.25) is 4.90 Å². The fraction of sp³-hybridized carbons (Fsp3) is 0.412. The number of hydrogen-bond acceptors (Lipinski definition) is 5. The van der Waals surface area contributed by atoms with Crippen LogP contribution in [0.3, 0.4) is 0 Å². The maximum Gasteiger partial charge on any atom is 0.499 e. The van der Waals surface area contributed by atoms with Gasteiger partial charge in [0.05, 0.1) is 0 Å². The molecule has 138 valence electrons. The van der Waals surface area contributed by atoms with Gasteiger partial charge >= 0.3 is 11.6 Å². The minimum atomic E-state index is -3.61. The van der Waals surface area contributed by atoms with E-state index in [4.69, 9.17) is 10.5 Å². The zero-order valence-electron chi connectivity index (χ0n) is 13.8. The molecule has 1 saturated heterocycles. The molecule has 1 fully saturated rings. The van der Waals surface area contributed by atoms with Crippen LogP contribution in [0.4, 0.5) is 14.6 Å². The Hall–Kier alpha value is -2.36. The molecule has 3 unspecified atom stereocenters. The lowest BCUT2D eigenvalue weighted by Crippen LogP contribution is -2.60. The number of fused-ring (bicyclic) bond motifs is 1. The Morgan fingerprint density at radius 2 is 1.96 bits per heavy atom. The summed E-state index contributed by atoms with van der Waals surface area (Å²) in [7, 11) is 0. The normalized spacial score (nSPS) is 27.6. The van der Waals surface area contributed by atoms with E-state index in [9.17, 15) is 18.7 Å². The van der Waals surface area contributed by atoms with Crippen molar-refractivity contribution >= 4 is 5.82 Å². The minimum Gasteiger partial charge on any atom is -0.384 e. The Labute approximate surface area is 147 Å². The van der Waals surface area contributed by atoms with Crippen LogP contribution in [0.5, 0.6) is 0 Å². The summed E-state index contributed by atoms with van der Waals surface area (Å²) in [5.41, 5.74) is 6.89. The van der Waals surface area contributed by atoms with Crippen molar-refractivity contribution in [2.45, 2.75) is 37.4 Å². The van der Waals surface area contributed by atoms with Gasteiger partial charge in [0.1, 0.15) is 12.3 Å². The molecule has 26 heavy (non-hydrogen) atoms. The fourth-order valence-electron chi connectivity index (χ4n) is 3.55. The molecule has 2 aliphatic heterocycles. The summed E-state index contributed by atoms with van der Waals surface area (Å²) < 4.78 is 35.3. The molecule has 1 aromatic carbocycles. The summed E-state index contributed by atoms with van der Waals surface area (Å²) in [6.45, 7) is 1.35. The maximum absolute atomic E-state index is 14.6. The molecular weight excluding hydrogens is 346 g/mol. The van der Waals surface area contributed by atoms with Crippen molar-refractivity contribution < 1.29 is 23.2 Å². The van der Waals surface area contributed by atoms with Crippen molar-refractivity contribution in [1.29, 1.82) is 0 Å². The summed E-state index contributed by atoms with van der Waals surface area (Å²) in [6.07, 6.45) is -3.89. The number of hydrogen-bond donors (Lipinski definition) is 3. The fourth-order valence-corrected chi connectivity index (χ4v) is 3.55. The molecular formula is C17H19F2N4O3+. The van der Waals surface area contributed by atoms with Gasteiger partial charge in [0.15, 0.2) is 11.9 Å².